The lowest BCUT2D eigenvalue weighted by molar-refractivity contribution is 0.588. The standard InChI is InChI=1S/C21H20N4O2S/c1-23-12-17-14-25(28(26,27)19-3-2-10-24-13-19)21-11-16(6-9-20(17)21)15-4-7-18(22)8-5-15/h2-11,13-14,23H,12,22H2,1H3. The summed E-state index contributed by atoms with van der Waals surface area (Å²) < 4.78 is 27.8. The van der Waals surface area contributed by atoms with E-state index < -0.39 is 10.0 Å². The predicted molar refractivity (Wildman–Crippen MR) is 111 cm³/mol. The van der Waals surface area contributed by atoms with E-state index in [1.54, 1.807) is 24.5 Å². The number of anilines is 1. The highest BCUT2D eigenvalue weighted by Gasteiger charge is 2.21. The van der Waals surface area contributed by atoms with Crippen molar-refractivity contribution in [2.45, 2.75) is 11.4 Å². The average Bonchev–Trinajstić information content (AvgIpc) is 3.08. The monoisotopic (exact) mass is 392 g/mol. The Morgan fingerprint density at radius 1 is 1.07 bits per heavy atom. The quantitative estimate of drug-likeness (QED) is 0.509. The Morgan fingerprint density at radius 2 is 1.82 bits per heavy atom. The predicted octanol–water partition coefficient (Wildman–Crippen LogP) is 3.24. The van der Waals surface area contributed by atoms with Gasteiger partial charge in [0.1, 0.15) is 4.90 Å². The van der Waals surface area contributed by atoms with Crippen LogP contribution in [0.25, 0.3) is 22.0 Å². The fourth-order valence-corrected chi connectivity index (χ4v) is 4.61. The molecule has 0 amide bonds. The molecule has 0 saturated heterocycles. The molecule has 0 bridgehead atoms. The molecule has 0 fully saturated rings. The highest BCUT2D eigenvalue weighted by atomic mass is 32.2. The summed E-state index contributed by atoms with van der Waals surface area (Å²) in [5.41, 5.74) is 9.90. The van der Waals surface area contributed by atoms with E-state index in [1.807, 2.05) is 49.5 Å². The number of nitrogens with zero attached hydrogens (tertiary/aromatic N) is 2. The van der Waals surface area contributed by atoms with E-state index in [-0.39, 0.29) is 4.90 Å². The van der Waals surface area contributed by atoms with Crippen LogP contribution in [0.4, 0.5) is 5.69 Å². The molecule has 0 radical (unpaired) electrons. The zero-order valence-corrected chi connectivity index (χ0v) is 16.1. The maximum atomic E-state index is 13.2. The lowest BCUT2D eigenvalue weighted by Gasteiger charge is -2.08. The van der Waals surface area contributed by atoms with Crippen LogP contribution in [0.2, 0.25) is 0 Å². The van der Waals surface area contributed by atoms with E-state index in [0.29, 0.717) is 17.7 Å². The first-order valence-corrected chi connectivity index (χ1v) is 10.2. The first-order valence-electron chi connectivity index (χ1n) is 8.81. The largest absolute Gasteiger partial charge is 0.399 e. The molecule has 0 spiro atoms. The fraction of sp³-hybridized carbons (Fsp3) is 0.0952. The molecule has 6 nitrogen and oxygen atoms in total. The van der Waals surface area contributed by atoms with Crippen molar-refractivity contribution in [3.63, 3.8) is 0 Å². The number of pyridine rings is 1. The van der Waals surface area contributed by atoms with Gasteiger partial charge in [-0.1, -0.05) is 24.3 Å². The maximum Gasteiger partial charge on any atom is 0.269 e. The third-order valence-electron chi connectivity index (χ3n) is 4.66. The van der Waals surface area contributed by atoms with Gasteiger partial charge in [0, 0.05) is 36.2 Å². The third-order valence-corrected chi connectivity index (χ3v) is 6.31. The zero-order chi connectivity index (χ0) is 19.7. The number of benzene rings is 2. The Balaban J connectivity index is 1.94. The second kappa shape index (κ2) is 7.10. The van der Waals surface area contributed by atoms with Gasteiger partial charge in [0.15, 0.2) is 0 Å². The van der Waals surface area contributed by atoms with Crippen LogP contribution >= 0.6 is 0 Å². The van der Waals surface area contributed by atoms with Gasteiger partial charge in [-0.05, 0) is 54.1 Å². The Morgan fingerprint density at radius 3 is 2.50 bits per heavy atom. The van der Waals surface area contributed by atoms with Crippen LogP contribution in [0.3, 0.4) is 0 Å². The molecule has 142 valence electrons. The molecule has 4 aromatic rings. The molecule has 2 heterocycles. The van der Waals surface area contributed by atoms with Crippen LogP contribution < -0.4 is 11.1 Å². The molecule has 0 aliphatic rings. The molecular formula is C21H20N4O2S. The summed E-state index contributed by atoms with van der Waals surface area (Å²) in [6, 6.07) is 16.5. The molecular weight excluding hydrogens is 372 g/mol. The highest BCUT2D eigenvalue weighted by Crippen LogP contribution is 2.30. The molecule has 7 heteroatoms. The Hall–Kier alpha value is -3.16. The van der Waals surface area contributed by atoms with Crippen molar-refractivity contribution in [3.8, 4) is 11.1 Å². The van der Waals surface area contributed by atoms with Crippen molar-refractivity contribution in [1.82, 2.24) is 14.3 Å². The topological polar surface area (TPSA) is 90.0 Å². The van der Waals surface area contributed by atoms with E-state index in [2.05, 4.69) is 10.3 Å². The summed E-state index contributed by atoms with van der Waals surface area (Å²) >= 11 is 0. The lowest BCUT2D eigenvalue weighted by atomic mass is 10.0. The molecule has 0 unspecified atom stereocenters. The Bertz CT molecular complexity index is 1230. The van der Waals surface area contributed by atoms with Crippen molar-refractivity contribution in [1.29, 1.82) is 0 Å². The van der Waals surface area contributed by atoms with E-state index >= 15 is 0 Å². The Kier molecular flexibility index (Phi) is 4.62. The van der Waals surface area contributed by atoms with Crippen molar-refractivity contribution >= 4 is 26.6 Å². The number of aromatic nitrogens is 2. The van der Waals surface area contributed by atoms with E-state index in [1.165, 1.54) is 10.2 Å². The Labute approximate surface area is 163 Å². The molecule has 3 N–H and O–H groups in total. The lowest BCUT2D eigenvalue weighted by Crippen LogP contribution is -2.12. The van der Waals surface area contributed by atoms with Gasteiger partial charge in [0.2, 0.25) is 0 Å². The van der Waals surface area contributed by atoms with Crippen LogP contribution in [0.5, 0.6) is 0 Å². The number of fused-ring (bicyclic) bond motifs is 1. The van der Waals surface area contributed by atoms with Crippen LogP contribution in [0.15, 0.2) is 78.1 Å². The third kappa shape index (κ3) is 3.15. The second-order valence-electron chi connectivity index (χ2n) is 6.53. The van der Waals surface area contributed by atoms with Gasteiger partial charge in [0.25, 0.3) is 10.0 Å². The van der Waals surface area contributed by atoms with Crippen molar-refractivity contribution in [2.75, 3.05) is 12.8 Å². The summed E-state index contributed by atoms with van der Waals surface area (Å²) in [6.45, 7) is 0.563. The molecule has 0 saturated carbocycles. The first kappa shape index (κ1) is 18.2. The number of nitrogens with one attached hydrogen (secondary N) is 1. The van der Waals surface area contributed by atoms with Crippen LogP contribution in [0.1, 0.15) is 5.56 Å². The molecule has 28 heavy (non-hydrogen) atoms. The minimum atomic E-state index is -3.76. The molecule has 0 aliphatic carbocycles. The summed E-state index contributed by atoms with van der Waals surface area (Å²) in [5.74, 6) is 0. The summed E-state index contributed by atoms with van der Waals surface area (Å²) in [7, 11) is -1.93. The first-order chi connectivity index (χ1) is 13.5. The number of rotatable bonds is 5. The average molecular weight is 392 g/mol. The van der Waals surface area contributed by atoms with Crippen molar-refractivity contribution in [2.24, 2.45) is 0 Å². The number of nitrogen functional groups attached to an aromatic ring is 1. The summed E-state index contributed by atoms with van der Waals surface area (Å²) in [6.07, 6.45) is 4.59. The van der Waals surface area contributed by atoms with Crippen molar-refractivity contribution < 1.29 is 8.42 Å². The minimum absolute atomic E-state index is 0.154. The normalized spacial score (nSPS) is 11.8. The summed E-state index contributed by atoms with van der Waals surface area (Å²) in [4.78, 5) is 4.11. The van der Waals surface area contributed by atoms with Gasteiger partial charge in [-0.2, -0.15) is 0 Å². The number of hydrogen-bond acceptors (Lipinski definition) is 5. The molecule has 4 rings (SSSR count). The molecule has 0 aliphatic heterocycles. The van der Waals surface area contributed by atoms with Gasteiger partial charge in [0.05, 0.1) is 5.52 Å². The maximum absolute atomic E-state index is 13.2. The van der Waals surface area contributed by atoms with Gasteiger partial charge >= 0.3 is 0 Å². The SMILES string of the molecule is CNCc1cn(S(=O)(=O)c2cccnc2)c2cc(-c3ccc(N)cc3)ccc12. The fourth-order valence-electron chi connectivity index (χ4n) is 3.26. The van der Waals surface area contributed by atoms with Crippen LogP contribution in [0, 0.1) is 0 Å². The van der Waals surface area contributed by atoms with Crippen LogP contribution in [-0.4, -0.2) is 24.4 Å². The summed E-state index contributed by atoms with van der Waals surface area (Å²) in [5, 5.41) is 3.99. The zero-order valence-electron chi connectivity index (χ0n) is 15.3. The van der Waals surface area contributed by atoms with Gasteiger partial charge in [-0.25, -0.2) is 12.4 Å². The van der Waals surface area contributed by atoms with Crippen LogP contribution in [-0.2, 0) is 16.6 Å². The second-order valence-corrected chi connectivity index (χ2v) is 8.34. The molecule has 2 aromatic carbocycles. The molecule has 0 atom stereocenters. The van der Waals surface area contributed by atoms with E-state index in [4.69, 9.17) is 5.73 Å². The van der Waals surface area contributed by atoms with E-state index in [9.17, 15) is 8.42 Å². The van der Waals surface area contributed by atoms with Gasteiger partial charge in [-0.15, -0.1) is 0 Å². The molecule has 2 aromatic heterocycles. The minimum Gasteiger partial charge on any atom is -0.399 e. The smallest absolute Gasteiger partial charge is 0.269 e. The highest BCUT2D eigenvalue weighted by molar-refractivity contribution is 7.90. The number of hydrogen-bond donors (Lipinski definition) is 2. The van der Waals surface area contributed by atoms with Crippen molar-refractivity contribution in [3.05, 3.63) is 78.8 Å². The van der Waals surface area contributed by atoms with Gasteiger partial charge < -0.3 is 11.1 Å². The van der Waals surface area contributed by atoms with Gasteiger partial charge in [-0.3, -0.25) is 4.98 Å². The number of nitrogens with two attached hydrogens (primary N) is 1. The van der Waals surface area contributed by atoms with E-state index in [0.717, 1.165) is 22.1 Å².